The van der Waals surface area contributed by atoms with Gasteiger partial charge in [-0.1, -0.05) is 29.8 Å². The summed E-state index contributed by atoms with van der Waals surface area (Å²) < 4.78 is 30.0. The minimum absolute atomic E-state index is 0.0249. The lowest BCUT2D eigenvalue weighted by atomic mass is 10.1. The molecule has 6 nitrogen and oxygen atoms in total. The van der Waals surface area contributed by atoms with E-state index in [0.717, 1.165) is 5.56 Å². The zero-order valence-electron chi connectivity index (χ0n) is 14.6. The molecule has 2 aliphatic heterocycles. The van der Waals surface area contributed by atoms with Crippen LogP contribution in [0, 0.1) is 6.92 Å². The van der Waals surface area contributed by atoms with Crippen molar-refractivity contribution in [2.45, 2.75) is 19.0 Å². The van der Waals surface area contributed by atoms with Crippen molar-refractivity contribution < 1.29 is 17.9 Å². The number of anilines is 2. The standard InChI is InChI=1S/C19H20N2O4S/c1-13-7-9-14(10-8-13)20-16-11-26(23,24)12-17(16)21(19(20)22)15-5-3-4-6-18(15)25-2/h3-10,16-17H,11-12H2,1-2H3/t16-,17+/m0/s1. The first-order chi connectivity index (χ1) is 12.4. The number of ether oxygens (including phenoxy) is 1. The molecule has 0 unspecified atom stereocenters. The summed E-state index contributed by atoms with van der Waals surface area (Å²) in [6.07, 6.45) is 0. The Hall–Kier alpha value is -2.54. The molecule has 2 aliphatic rings. The molecule has 0 N–H and O–H groups in total. The Kier molecular flexibility index (Phi) is 3.91. The molecule has 2 fully saturated rings. The van der Waals surface area contributed by atoms with Gasteiger partial charge < -0.3 is 4.74 Å². The number of aryl methyl sites for hydroxylation is 1. The number of fused-ring (bicyclic) bond motifs is 1. The minimum Gasteiger partial charge on any atom is -0.495 e. The first kappa shape index (κ1) is 16.9. The number of methoxy groups -OCH3 is 1. The Morgan fingerprint density at radius 3 is 2.23 bits per heavy atom. The second-order valence-corrected chi connectivity index (χ2v) is 8.90. The van der Waals surface area contributed by atoms with Gasteiger partial charge in [0.05, 0.1) is 36.4 Å². The number of amides is 2. The number of para-hydroxylation sites is 2. The maximum absolute atomic E-state index is 13.3. The van der Waals surface area contributed by atoms with Gasteiger partial charge in [-0.15, -0.1) is 0 Å². The lowest BCUT2D eigenvalue weighted by Gasteiger charge is -2.24. The molecule has 2 heterocycles. The Morgan fingerprint density at radius 1 is 0.962 bits per heavy atom. The zero-order valence-corrected chi connectivity index (χ0v) is 15.4. The fourth-order valence-electron chi connectivity index (χ4n) is 3.82. The van der Waals surface area contributed by atoms with E-state index in [0.29, 0.717) is 17.1 Å². The third kappa shape index (κ3) is 2.63. The van der Waals surface area contributed by atoms with Crippen molar-refractivity contribution in [3.8, 4) is 5.75 Å². The Labute approximate surface area is 152 Å². The molecule has 2 amide bonds. The van der Waals surface area contributed by atoms with Crippen LogP contribution in [0.25, 0.3) is 0 Å². The van der Waals surface area contributed by atoms with E-state index in [2.05, 4.69) is 0 Å². The summed E-state index contributed by atoms with van der Waals surface area (Å²) in [5.41, 5.74) is 2.39. The second kappa shape index (κ2) is 6.02. The van der Waals surface area contributed by atoms with Crippen molar-refractivity contribution in [1.29, 1.82) is 0 Å². The molecule has 0 aliphatic carbocycles. The number of carbonyl (C=O) groups excluding carboxylic acids is 1. The Morgan fingerprint density at radius 2 is 1.58 bits per heavy atom. The van der Waals surface area contributed by atoms with Crippen molar-refractivity contribution in [2.75, 3.05) is 28.4 Å². The van der Waals surface area contributed by atoms with Crippen LogP contribution in [0.5, 0.6) is 5.75 Å². The SMILES string of the molecule is COc1ccccc1N1C(=O)N(c2ccc(C)cc2)[C@H]2CS(=O)(=O)C[C@H]21. The third-order valence-electron chi connectivity index (χ3n) is 5.03. The van der Waals surface area contributed by atoms with Gasteiger partial charge in [0.15, 0.2) is 9.84 Å². The number of sulfone groups is 1. The van der Waals surface area contributed by atoms with Gasteiger partial charge in [0.1, 0.15) is 5.75 Å². The molecular formula is C19H20N2O4S. The fraction of sp³-hybridized carbons (Fsp3) is 0.316. The summed E-state index contributed by atoms with van der Waals surface area (Å²) in [7, 11) is -1.67. The number of benzene rings is 2. The molecule has 0 radical (unpaired) electrons. The molecule has 7 heteroatoms. The highest BCUT2D eigenvalue weighted by atomic mass is 32.2. The van der Waals surface area contributed by atoms with Gasteiger partial charge in [0, 0.05) is 5.69 Å². The van der Waals surface area contributed by atoms with Crippen LogP contribution < -0.4 is 14.5 Å². The Bertz CT molecular complexity index is 956. The van der Waals surface area contributed by atoms with Crippen LogP contribution >= 0.6 is 0 Å². The van der Waals surface area contributed by atoms with Crippen LogP contribution in [-0.2, 0) is 9.84 Å². The maximum atomic E-state index is 13.3. The topological polar surface area (TPSA) is 66.9 Å². The van der Waals surface area contributed by atoms with Gasteiger partial charge in [-0.3, -0.25) is 9.80 Å². The highest BCUT2D eigenvalue weighted by Gasteiger charge is 2.54. The van der Waals surface area contributed by atoms with Crippen LogP contribution in [0.2, 0.25) is 0 Å². The van der Waals surface area contributed by atoms with Crippen LogP contribution in [0.4, 0.5) is 16.2 Å². The monoisotopic (exact) mass is 372 g/mol. The lowest BCUT2D eigenvalue weighted by molar-refractivity contribution is 0.255. The van der Waals surface area contributed by atoms with Crippen LogP contribution in [0.3, 0.4) is 0 Å². The molecule has 4 rings (SSSR count). The average molecular weight is 372 g/mol. The number of carbonyl (C=O) groups is 1. The van der Waals surface area contributed by atoms with Crippen LogP contribution in [0.15, 0.2) is 48.5 Å². The molecule has 2 atom stereocenters. The van der Waals surface area contributed by atoms with Gasteiger partial charge in [0.25, 0.3) is 0 Å². The van der Waals surface area contributed by atoms with E-state index in [-0.39, 0.29) is 17.5 Å². The van der Waals surface area contributed by atoms with E-state index in [4.69, 9.17) is 4.74 Å². The predicted octanol–water partition coefficient (Wildman–Crippen LogP) is 2.62. The third-order valence-corrected chi connectivity index (χ3v) is 6.72. The molecular weight excluding hydrogens is 352 g/mol. The molecule has 2 aromatic rings. The number of rotatable bonds is 3. The predicted molar refractivity (Wildman–Crippen MR) is 101 cm³/mol. The van der Waals surface area contributed by atoms with E-state index >= 15 is 0 Å². The van der Waals surface area contributed by atoms with Gasteiger partial charge in [0.2, 0.25) is 0 Å². The lowest BCUT2D eigenvalue weighted by Crippen LogP contribution is -2.38. The van der Waals surface area contributed by atoms with Crippen molar-refractivity contribution in [3.05, 3.63) is 54.1 Å². The molecule has 0 bridgehead atoms. The molecule has 0 saturated carbocycles. The largest absolute Gasteiger partial charge is 0.495 e. The quantitative estimate of drug-likeness (QED) is 0.777. The minimum atomic E-state index is -3.21. The van der Waals surface area contributed by atoms with E-state index in [1.54, 1.807) is 29.0 Å². The van der Waals surface area contributed by atoms with Gasteiger partial charge >= 0.3 is 6.03 Å². The van der Waals surface area contributed by atoms with Gasteiger partial charge in [-0.2, -0.15) is 0 Å². The number of hydrogen-bond acceptors (Lipinski definition) is 4. The molecule has 2 saturated heterocycles. The van der Waals surface area contributed by atoms with Gasteiger partial charge in [-0.05, 0) is 31.2 Å². The summed E-state index contributed by atoms with van der Waals surface area (Å²) in [6.45, 7) is 1.97. The maximum Gasteiger partial charge on any atom is 0.329 e. The highest BCUT2D eigenvalue weighted by Crippen LogP contribution is 2.41. The summed E-state index contributed by atoms with van der Waals surface area (Å²) in [5.74, 6) is 0.488. The number of hydrogen-bond donors (Lipinski definition) is 0. The smallest absolute Gasteiger partial charge is 0.329 e. The molecule has 2 aromatic carbocycles. The van der Waals surface area contributed by atoms with E-state index in [1.807, 2.05) is 43.3 Å². The first-order valence-electron chi connectivity index (χ1n) is 8.44. The number of nitrogens with zero attached hydrogens (tertiary/aromatic N) is 2. The van der Waals surface area contributed by atoms with E-state index in [9.17, 15) is 13.2 Å². The zero-order chi connectivity index (χ0) is 18.5. The normalized spacial score (nSPS) is 24.0. The van der Waals surface area contributed by atoms with Crippen LogP contribution in [-0.4, -0.2) is 45.1 Å². The summed E-state index contributed by atoms with van der Waals surface area (Å²) in [6, 6.07) is 13.7. The molecule has 26 heavy (non-hydrogen) atoms. The molecule has 0 spiro atoms. The molecule has 0 aromatic heterocycles. The van der Waals surface area contributed by atoms with Crippen molar-refractivity contribution in [3.63, 3.8) is 0 Å². The van der Waals surface area contributed by atoms with Crippen molar-refractivity contribution in [2.24, 2.45) is 0 Å². The van der Waals surface area contributed by atoms with Crippen LogP contribution in [0.1, 0.15) is 5.56 Å². The number of urea groups is 1. The van der Waals surface area contributed by atoms with Crippen molar-refractivity contribution in [1.82, 2.24) is 0 Å². The fourth-order valence-corrected chi connectivity index (χ4v) is 5.74. The molecule has 136 valence electrons. The first-order valence-corrected chi connectivity index (χ1v) is 10.3. The van der Waals surface area contributed by atoms with Gasteiger partial charge in [-0.25, -0.2) is 13.2 Å². The van der Waals surface area contributed by atoms with E-state index < -0.39 is 21.9 Å². The summed E-state index contributed by atoms with van der Waals surface area (Å²) >= 11 is 0. The highest BCUT2D eigenvalue weighted by molar-refractivity contribution is 7.91. The second-order valence-electron chi connectivity index (χ2n) is 6.74. The van der Waals surface area contributed by atoms with Crippen molar-refractivity contribution >= 4 is 27.2 Å². The van der Waals surface area contributed by atoms with E-state index in [1.165, 1.54) is 0 Å². The summed E-state index contributed by atoms with van der Waals surface area (Å²) in [4.78, 5) is 16.5. The summed E-state index contributed by atoms with van der Waals surface area (Å²) in [5, 5.41) is 0. The Balaban J connectivity index is 1.83. The average Bonchev–Trinajstić information content (AvgIpc) is 3.04.